The second-order valence-corrected chi connectivity index (χ2v) is 9.41. The van der Waals surface area contributed by atoms with Crippen LogP contribution in [0.2, 0.25) is 0 Å². The maximum Gasteiger partial charge on any atom is 0.270 e. The zero-order valence-corrected chi connectivity index (χ0v) is 16.8. The zero-order valence-electron chi connectivity index (χ0n) is 14.4. The Labute approximate surface area is 159 Å². The number of piperazine rings is 1. The quantitative estimate of drug-likeness (QED) is 0.779. The van der Waals surface area contributed by atoms with Crippen LogP contribution in [0.25, 0.3) is 0 Å². The van der Waals surface area contributed by atoms with Gasteiger partial charge in [0.2, 0.25) is 10.0 Å². The van der Waals surface area contributed by atoms with Crippen molar-refractivity contribution >= 4 is 40.1 Å². The summed E-state index contributed by atoms with van der Waals surface area (Å²) in [4.78, 5) is 17.6. The molecule has 0 bridgehead atoms. The number of carbonyl (C=O) groups is 1. The Kier molecular flexibility index (Phi) is 6.83. The molecule has 3 heterocycles. The van der Waals surface area contributed by atoms with Crippen molar-refractivity contribution in [2.75, 3.05) is 37.7 Å². The van der Waals surface area contributed by atoms with Crippen molar-refractivity contribution < 1.29 is 13.2 Å². The summed E-state index contributed by atoms with van der Waals surface area (Å²) in [6, 6.07) is 1.75. The molecule has 0 saturated carbocycles. The Morgan fingerprint density at radius 1 is 1.24 bits per heavy atom. The predicted octanol–water partition coefficient (Wildman–Crippen LogP) is 0.996. The zero-order chi connectivity index (χ0) is 17.3. The second kappa shape index (κ2) is 8.30. The van der Waals surface area contributed by atoms with Crippen molar-refractivity contribution in [1.29, 1.82) is 0 Å². The van der Waals surface area contributed by atoms with E-state index in [0.29, 0.717) is 25.3 Å². The summed E-state index contributed by atoms with van der Waals surface area (Å²) < 4.78 is 26.9. The van der Waals surface area contributed by atoms with Gasteiger partial charge in [0, 0.05) is 56.0 Å². The van der Waals surface area contributed by atoms with E-state index in [2.05, 4.69) is 10.3 Å². The smallest absolute Gasteiger partial charge is 0.270 e. The first kappa shape index (κ1) is 20.6. The molecule has 2 saturated heterocycles. The summed E-state index contributed by atoms with van der Waals surface area (Å²) in [5.41, 5.74) is 0.334. The van der Waals surface area contributed by atoms with Gasteiger partial charge in [-0.3, -0.25) is 4.79 Å². The van der Waals surface area contributed by atoms with Gasteiger partial charge in [-0.2, -0.15) is 16.1 Å². The van der Waals surface area contributed by atoms with Crippen LogP contribution in [-0.4, -0.2) is 78.3 Å². The van der Waals surface area contributed by atoms with Gasteiger partial charge >= 0.3 is 0 Å². The summed E-state index contributed by atoms with van der Waals surface area (Å²) >= 11 is 1.76. The molecule has 2 N–H and O–H groups in total. The number of thioether (sulfide) groups is 1. The van der Waals surface area contributed by atoms with Crippen LogP contribution < -0.4 is 5.32 Å². The summed E-state index contributed by atoms with van der Waals surface area (Å²) in [5, 5.41) is 3.33. The average molecular weight is 409 g/mol. The Balaban J connectivity index is 0.00000225. The molecule has 1 amide bonds. The maximum absolute atomic E-state index is 12.7. The lowest BCUT2D eigenvalue weighted by molar-refractivity contribution is 0.0597. The third kappa shape index (κ3) is 4.16. The Hall–Kier alpha value is -0.740. The molecule has 25 heavy (non-hydrogen) atoms. The largest absolute Gasteiger partial charge is 0.356 e. The van der Waals surface area contributed by atoms with E-state index in [9.17, 15) is 13.2 Å². The number of H-pyrrole nitrogens is 1. The molecule has 0 aromatic carbocycles. The van der Waals surface area contributed by atoms with Crippen molar-refractivity contribution in [2.24, 2.45) is 0 Å². The number of sulfonamides is 1. The molecule has 2 aliphatic heterocycles. The number of carbonyl (C=O) groups excluding carboxylic acids is 1. The van der Waals surface area contributed by atoms with Crippen LogP contribution >= 0.6 is 24.2 Å². The molecule has 10 heteroatoms. The lowest BCUT2D eigenvalue weighted by Crippen LogP contribution is -2.57. The van der Waals surface area contributed by atoms with Gasteiger partial charge in [-0.1, -0.05) is 0 Å². The number of halogens is 1. The van der Waals surface area contributed by atoms with Crippen molar-refractivity contribution in [3.63, 3.8) is 0 Å². The van der Waals surface area contributed by atoms with E-state index in [1.807, 2.05) is 13.8 Å². The predicted molar refractivity (Wildman–Crippen MR) is 102 cm³/mol. The number of nitrogens with zero attached hydrogens (tertiary/aromatic N) is 2. The number of hydrogen-bond acceptors (Lipinski definition) is 5. The molecule has 1 aromatic heterocycles. The molecular formula is C15H25ClN4O3S2. The Morgan fingerprint density at radius 3 is 2.60 bits per heavy atom. The molecule has 142 valence electrons. The topological polar surface area (TPSA) is 85.5 Å². The van der Waals surface area contributed by atoms with Crippen molar-refractivity contribution in [3.8, 4) is 0 Å². The molecule has 0 spiro atoms. The van der Waals surface area contributed by atoms with Gasteiger partial charge in [-0.25, -0.2) is 8.42 Å². The van der Waals surface area contributed by atoms with Gasteiger partial charge in [0.1, 0.15) is 10.6 Å². The van der Waals surface area contributed by atoms with Gasteiger partial charge in [-0.05, 0) is 19.9 Å². The molecule has 1 aromatic rings. The number of amides is 1. The Morgan fingerprint density at radius 2 is 1.92 bits per heavy atom. The number of hydrogen-bond donors (Lipinski definition) is 2. The van der Waals surface area contributed by atoms with Crippen LogP contribution in [0.1, 0.15) is 24.3 Å². The molecule has 2 aliphatic rings. The fourth-order valence-electron chi connectivity index (χ4n) is 3.08. The SMILES string of the molecule is CC1NCCN(C(=O)c2cc(S(=O)(=O)N3CCSCC3)c[nH]2)C1C.Cl. The average Bonchev–Trinajstić information content (AvgIpc) is 3.08. The van der Waals surface area contributed by atoms with Crippen molar-refractivity contribution in [1.82, 2.24) is 19.5 Å². The molecule has 2 unspecified atom stereocenters. The highest BCUT2D eigenvalue weighted by Gasteiger charge is 2.32. The first-order valence-electron chi connectivity index (χ1n) is 8.22. The highest BCUT2D eigenvalue weighted by atomic mass is 35.5. The number of rotatable bonds is 3. The molecule has 7 nitrogen and oxygen atoms in total. The fraction of sp³-hybridized carbons (Fsp3) is 0.667. The van der Waals surface area contributed by atoms with E-state index in [1.165, 1.54) is 16.6 Å². The minimum Gasteiger partial charge on any atom is -0.356 e. The van der Waals surface area contributed by atoms with Crippen LogP contribution in [-0.2, 0) is 10.0 Å². The molecule has 2 atom stereocenters. The normalized spacial score (nSPS) is 25.4. The van der Waals surface area contributed by atoms with E-state index in [1.54, 1.807) is 16.7 Å². The van der Waals surface area contributed by atoms with E-state index in [-0.39, 0.29) is 35.3 Å². The highest BCUT2D eigenvalue weighted by molar-refractivity contribution is 7.99. The van der Waals surface area contributed by atoms with Crippen molar-refractivity contribution in [2.45, 2.75) is 30.8 Å². The van der Waals surface area contributed by atoms with Crippen LogP contribution in [0.4, 0.5) is 0 Å². The lowest BCUT2D eigenvalue weighted by atomic mass is 10.1. The second-order valence-electron chi connectivity index (χ2n) is 6.25. The van der Waals surface area contributed by atoms with E-state index >= 15 is 0 Å². The summed E-state index contributed by atoms with van der Waals surface area (Å²) in [6.07, 6.45) is 1.43. The van der Waals surface area contributed by atoms with E-state index in [4.69, 9.17) is 0 Å². The van der Waals surface area contributed by atoms with Crippen LogP contribution in [0, 0.1) is 0 Å². The van der Waals surface area contributed by atoms with Crippen molar-refractivity contribution in [3.05, 3.63) is 18.0 Å². The summed E-state index contributed by atoms with van der Waals surface area (Å²) in [7, 11) is -3.52. The molecule has 0 radical (unpaired) electrons. The summed E-state index contributed by atoms with van der Waals surface area (Å²) in [5.74, 6) is 1.48. The van der Waals surface area contributed by atoms with Crippen LogP contribution in [0.3, 0.4) is 0 Å². The van der Waals surface area contributed by atoms with Gasteiger partial charge in [0.25, 0.3) is 5.91 Å². The molecule has 0 aliphatic carbocycles. The number of aromatic nitrogens is 1. The molecule has 3 rings (SSSR count). The maximum atomic E-state index is 12.7. The molecular weight excluding hydrogens is 384 g/mol. The monoisotopic (exact) mass is 408 g/mol. The molecule has 2 fully saturated rings. The Bertz CT molecular complexity index is 703. The van der Waals surface area contributed by atoms with Crippen LogP contribution in [0.15, 0.2) is 17.2 Å². The first-order chi connectivity index (χ1) is 11.4. The highest BCUT2D eigenvalue weighted by Crippen LogP contribution is 2.22. The van der Waals surface area contributed by atoms with Gasteiger partial charge in [0.15, 0.2) is 0 Å². The van der Waals surface area contributed by atoms with E-state index < -0.39 is 10.0 Å². The third-order valence-electron chi connectivity index (χ3n) is 4.79. The third-order valence-corrected chi connectivity index (χ3v) is 7.61. The van der Waals surface area contributed by atoms with Crippen LogP contribution in [0.5, 0.6) is 0 Å². The minimum absolute atomic E-state index is 0. The standard InChI is InChI=1S/C15H24N4O3S2.ClH/c1-11-12(2)19(4-3-16-11)15(20)14-9-13(10-17-14)24(21,22)18-5-7-23-8-6-18;/h9-12,16-17H,3-8H2,1-2H3;1H. The number of nitrogens with one attached hydrogen (secondary N) is 2. The lowest BCUT2D eigenvalue weighted by Gasteiger charge is -2.38. The van der Waals surface area contributed by atoms with Gasteiger partial charge in [-0.15, -0.1) is 12.4 Å². The van der Waals surface area contributed by atoms with Gasteiger partial charge in [0.05, 0.1) is 0 Å². The summed E-state index contributed by atoms with van der Waals surface area (Å²) in [6.45, 7) is 6.45. The number of aromatic amines is 1. The fourth-order valence-corrected chi connectivity index (χ4v) is 5.65. The minimum atomic E-state index is -3.52. The van der Waals surface area contributed by atoms with E-state index in [0.717, 1.165) is 18.1 Å². The first-order valence-corrected chi connectivity index (χ1v) is 10.8. The van der Waals surface area contributed by atoms with Gasteiger partial charge < -0.3 is 15.2 Å².